The van der Waals surface area contributed by atoms with Gasteiger partial charge in [0.1, 0.15) is 0 Å². The van der Waals surface area contributed by atoms with Crippen molar-refractivity contribution in [2.45, 2.75) is 40.0 Å². The van der Waals surface area contributed by atoms with Gasteiger partial charge in [0.25, 0.3) is 0 Å². The second-order valence-corrected chi connectivity index (χ2v) is 4.69. The summed E-state index contributed by atoms with van der Waals surface area (Å²) in [6.07, 6.45) is 6.15. The molecule has 12 heavy (non-hydrogen) atoms. The molecule has 70 valence electrons. The van der Waals surface area contributed by atoms with Crippen LogP contribution in [0.15, 0.2) is 12.7 Å². The van der Waals surface area contributed by atoms with E-state index in [0.717, 1.165) is 23.7 Å². The molecule has 1 aliphatic carbocycles. The van der Waals surface area contributed by atoms with Gasteiger partial charge in [0.2, 0.25) is 0 Å². The molecule has 1 rings (SSSR count). The van der Waals surface area contributed by atoms with E-state index in [1.54, 1.807) is 0 Å². The van der Waals surface area contributed by atoms with E-state index < -0.39 is 0 Å². The van der Waals surface area contributed by atoms with Crippen LogP contribution in [0.25, 0.3) is 0 Å². The standard InChI is InChI=1S/C12H22/c1-5-6-9(2)10(3)7-12-8-11(12)4/h5,9-12H,1,6-8H2,2-4H3. The number of hydrogen-bond acceptors (Lipinski definition) is 0. The fourth-order valence-electron chi connectivity index (χ4n) is 1.93. The van der Waals surface area contributed by atoms with Gasteiger partial charge in [0, 0.05) is 0 Å². The molecule has 0 aromatic heterocycles. The third-order valence-corrected chi connectivity index (χ3v) is 3.46. The molecular weight excluding hydrogens is 144 g/mol. The molecule has 0 aromatic rings. The topological polar surface area (TPSA) is 0 Å². The molecular formula is C12H22. The van der Waals surface area contributed by atoms with E-state index in [2.05, 4.69) is 33.4 Å². The lowest BCUT2D eigenvalue weighted by molar-refractivity contribution is 0.345. The van der Waals surface area contributed by atoms with E-state index in [-0.39, 0.29) is 0 Å². The van der Waals surface area contributed by atoms with Gasteiger partial charge >= 0.3 is 0 Å². The molecule has 0 aromatic carbocycles. The maximum atomic E-state index is 3.79. The Morgan fingerprint density at radius 2 is 2.00 bits per heavy atom. The molecule has 0 nitrogen and oxygen atoms in total. The van der Waals surface area contributed by atoms with E-state index in [9.17, 15) is 0 Å². The van der Waals surface area contributed by atoms with Crippen molar-refractivity contribution in [1.29, 1.82) is 0 Å². The molecule has 0 heteroatoms. The van der Waals surface area contributed by atoms with Crippen LogP contribution >= 0.6 is 0 Å². The van der Waals surface area contributed by atoms with Gasteiger partial charge in [-0.2, -0.15) is 0 Å². The minimum Gasteiger partial charge on any atom is -0.103 e. The lowest BCUT2D eigenvalue weighted by Crippen LogP contribution is -2.08. The summed E-state index contributed by atoms with van der Waals surface area (Å²) in [6.45, 7) is 10.9. The van der Waals surface area contributed by atoms with Crippen LogP contribution in [0.5, 0.6) is 0 Å². The van der Waals surface area contributed by atoms with Crippen LogP contribution in [0.2, 0.25) is 0 Å². The molecule has 0 saturated heterocycles. The van der Waals surface area contributed by atoms with Gasteiger partial charge in [-0.05, 0) is 42.9 Å². The smallest absolute Gasteiger partial charge is 0.0325 e. The van der Waals surface area contributed by atoms with Gasteiger partial charge in [0.05, 0.1) is 0 Å². The predicted molar refractivity (Wildman–Crippen MR) is 55.0 cm³/mol. The first-order valence-electron chi connectivity index (χ1n) is 5.26. The van der Waals surface area contributed by atoms with Crippen LogP contribution in [0.1, 0.15) is 40.0 Å². The molecule has 4 atom stereocenters. The second kappa shape index (κ2) is 4.11. The summed E-state index contributed by atoms with van der Waals surface area (Å²) in [5, 5.41) is 0. The van der Waals surface area contributed by atoms with Gasteiger partial charge in [0.15, 0.2) is 0 Å². The normalized spacial score (nSPS) is 32.6. The molecule has 0 N–H and O–H groups in total. The van der Waals surface area contributed by atoms with Crippen molar-refractivity contribution in [1.82, 2.24) is 0 Å². The zero-order valence-corrected chi connectivity index (χ0v) is 8.72. The fraction of sp³-hybridized carbons (Fsp3) is 0.833. The molecule has 0 amide bonds. The Balaban J connectivity index is 2.17. The molecule has 4 unspecified atom stereocenters. The van der Waals surface area contributed by atoms with Crippen molar-refractivity contribution in [3.05, 3.63) is 12.7 Å². The highest BCUT2D eigenvalue weighted by Crippen LogP contribution is 2.43. The largest absolute Gasteiger partial charge is 0.103 e. The molecule has 0 aliphatic heterocycles. The first kappa shape index (κ1) is 9.83. The third-order valence-electron chi connectivity index (χ3n) is 3.46. The van der Waals surface area contributed by atoms with Crippen LogP contribution in [0.3, 0.4) is 0 Å². The highest BCUT2D eigenvalue weighted by molar-refractivity contribution is 4.85. The summed E-state index contributed by atoms with van der Waals surface area (Å²) in [4.78, 5) is 0. The summed E-state index contributed by atoms with van der Waals surface area (Å²) < 4.78 is 0. The maximum absolute atomic E-state index is 3.79. The van der Waals surface area contributed by atoms with E-state index in [1.807, 2.05) is 0 Å². The van der Waals surface area contributed by atoms with Crippen LogP contribution in [-0.2, 0) is 0 Å². The van der Waals surface area contributed by atoms with Crippen molar-refractivity contribution in [3.8, 4) is 0 Å². The highest BCUT2D eigenvalue weighted by atomic mass is 14.4. The van der Waals surface area contributed by atoms with Crippen LogP contribution in [0.4, 0.5) is 0 Å². The molecule has 1 saturated carbocycles. The monoisotopic (exact) mass is 166 g/mol. The average molecular weight is 166 g/mol. The maximum Gasteiger partial charge on any atom is -0.0325 e. The molecule has 0 heterocycles. The summed E-state index contributed by atoms with van der Waals surface area (Å²) in [5.74, 6) is 3.78. The SMILES string of the molecule is C=CCC(C)C(C)CC1CC1C. The molecule has 0 spiro atoms. The minimum absolute atomic E-state index is 0.829. The quantitative estimate of drug-likeness (QED) is 0.544. The summed E-state index contributed by atoms with van der Waals surface area (Å²) in [7, 11) is 0. The fourth-order valence-corrected chi connectivity index (χ4v) is 1.93. The Morgan fingerprint density at radius 3 is 2.42 bits per heavy atom. The van der Waals surface area contributed by atoms with Crippen molar-refractivity contribution in [2.75, 3.05) is 0 Å². The van der Waals surface area contributed by atoms with Gasteiger partial charge in [-0.25, -0.2) is 0 Å². The highest BCUT2D eigenvalue weighted by Gasteiger charge is 2.34. The Morgan fingerprint density at radius 1 is 1.42 bits per heavy atom. The molecule has 0 bridgehead atoms. The van der Waals surface area contributed by atoms with Crippen LogP contribution in [-0.4, -0.2) is 0 Å². The number of allylic oxidation sites excluding steroid dienone is 1. The van der Waals surface area contributed by atoms with Gasteiger partial charge < -0.3 is 0 Å². The average Bonchev–Trinajstić information content (AvgIpc) is 2.67. The van der Waals surface area contributed by atoms with E-state index >= 15 is 0 Å². The lowest BCUT2D eigenvalue weighted by Gasteiger charge is -2.17. The molecule has 1 aliphatic rings. The summed E-state index contributed by atoms with van der Waals surface area (Å²) in [5.41, 5.74) is 0. The van der Waals surface area contributed by atoms with Crippen molar-refractivity contribution >= 4 is 0 Å². The Kier molecular flexibility index (Phi) is 3.37. The van der Waals surface area contributed by atoms with Crippen molar-refractivity contribution < 1.29 is 0 Å². The first-order chi connectivity index (χ1) is 5.65. The lowest BCUT2D eigenvalue weighted by atomic mass is 9.88. The van der Waals surface area contributed by atoms with Crippen molar-refractivity contribution in [2.24, 2.45) is 23.7 Å². The molecule has 0 radical (unpaired) electrons. The zero-order valence-electron chi connectivity index (χ0n) is 8.72. The molecule has 1 fully saturated rings. The minimum atomic E-state index is 0.829. The van der Waals surface area contributed by atoms with E-state index in [4.69, 9.17) is 0 Å². The number of rotatable bonds is 5. The van der Waals surface area contributed by atoms with Gasteiger partial charge in [-0.15, -0.1) is 6.58 Å². The summed E-state index contributed by atoms with van der Waals surface area (Å²) >= 11 is 0. The van der Waals surface area contributed by atoms with Gasteiger partial charge in [-0.1, -0.05) is 26.8 Å². The van der Waals surface area contributed by atoms with E-state index in [1.165, 1.54) is 19.3 Å². The second-order valence-electron chi connectivity index (χ2n) is 4.69. The van der Waals surface area contributed by atoms with Crippen LogP contribution < -0.4 is 0 Å². The van der Waals surface area contributed by atoms with Crippen molar-refractivity contribution in [3.63, 3.8) is 0 Å². The zero-order chi connectivity index (χ0) is 9.14. The first-order valence-corrected chi connectivity index (χ1v) is 5.26. The van der Waals surface area contributed by atoms with Gasteiger partial charge in [-0.3, -0.25) is 0 Å². The Labute approximate surface area is 77.1 Å². The van der Waals surface area contributed by atoms with E-state index in [0.29, 0.717) is 0 Å². The summed E-state index contributed by atoms with van der Waals surface area (Å²) in [6, 6.07) is 0. The Bertz CT molecular complexity index is 148. The third kappa shape index (κ3) is 2.66. The predicted octanol–water partition coefficient (Wildman–Crippen LogP) is 3.88. The van der Waals surface area contributed by atoms with Crippen LogP contribution in [0, 0.1) is 23.7 Å². The Hall–Kier alpha value is -0.260. The number of hydrogen-bond donors (Lipinski definition) is 0.